The van der Waals surface area contributed by atoms with E-state index in [2.05, 4.69) is 36.1 Å². The summed E-state index contributed by atoms with van der Waals surface area (Å²) < 4.78 is 0. The molecule has 1 aromatic rings. The third-order valence-corrected chi connectivity index (χ3v) is 3.33. The number of H-pyrrole nitrogens is 1. The minimum Gasteiger partial charge on any atom is -0.313 e. The van der Waals surface area contributed by atoms with E-state index in [4.69, 9.17) is 0 Å². The van der Waals surface area contributed by atoms with Gasteiger partial charge in [0, 0.05) is 24.1 Å². The lowest BCUT2D eigenvalue weighted by molar-refractivity contribution is 0.443. The zero-order chi connectivity index (χ0) is 12.0. The zero-order valence-corrected chi connectivity index (χ0v) is 10.8. The van der Waals surface area contributed by atoms with Gasteiger partial charge < -0.3 is 10.3 Å². The second kappa shape index (κ2) is 6.70. The standard InChI is InChI=1S/C11H19N3OS/c1-4-12-9(8(2)3)7-16-11-13-6-5-10(15)14-11/h5-6,8-9,12H,4,7H2,1-3H3,(H,13,14,15). The molecule has 2 N–H and O–H groups in total. The molecule has 0 saturated heterocycles. The fourth-order valence-electron chi connectivity index (χ4n) is 1.34. The van der Waals surface area contributed by atoms with Crippen molar-refractivity contribution in [1.82, 2.24) is 15.3 Å². The highest BCUT2D eigenvalue weighted by atomic mass is 32.2. The molecule has 0 amide bonds. The SMILES string of the molecule is CCNC(CSc1nccc(=O)[nH]1)C(C)C. The number of hydrogen-bond acceptors (Lipinski definition) is 4. The van der Waals surface area contributed by atoms with Gasteiger partial charge in [-0.1, -0.05) is 32.5 Å². The largest absolute Gasteiger partial charge is 0.313 e. The average Bonchev–Trinajstić information content (AvgIpc) is 2.24. The van der Waals surface area contributed by atoms with Crippen LogP contribution in [0.3, 0.4) is 0 Å². The van der Waals surface area contributed by atoms with Crippen molar-refractivity contribution in [3.05, 3.63) is 22.6 Å². The van der Waals surface area contributed by atoms with Crippen LogP contribution in [0.4, 0.5) is 0 Å². The summed E-state index contributed by atoms with van der Waals surface area (Å²) in [7, 11) is 0. The van der Waals surface area contributed by atoms with Crippen molar-refractivity contribution >= 4 is 11.8 Å². The number of nitrogens with one attached hydrogen (secondary N) is 2. The van der Waals surface area contributed by atoms with Crippen LogP contribution < -0.4 is 10.9 Å². The lowest BCUT2D eigenvalue weighted by Gasteiger charge is -2.20. The topological polar surface area (TPSA) is 57.8 Å². The molecule has 1 rings (SSSR count). The Morgan fingerprint density at radius 3 is 2.88 bits per heavy atom. The second-order valence-electron chi connectivity index (χ2n) is 3.96. The van der Waals surface area contributed by atoms with Crippen LogP contribution in [0.1, 0.15) is 20.8 Å². The Labute approximate surface area is 100 Å². The lowest BCUT2D eigenvalue weighted by atomic mass is 10.1. The van der Waals surface area contributed by atoms with Crippen LogP contribution in [0.2, 0.25) is 0 Å². The highest BCUT2D eigenvalue weighted by Gasteiger charge is 2.12. The Hall–Kier alpha value is -0.810. The number of thioether (sulfide) groups is 1. The van der Waals surface area contributed by atoms with Gasteiger partial charge in [0.15, 0.2) is 5.16 Å². The van der Waals surface area contributed by atoms with Gasteiger partial charge in [0.2, 0.25) is 0 Å². The number of nitrogens with zero attached hydrogens (tertiary/aromatic N) is 1. The van der Waals surface area contributed by atoms with Crippen LogP contribution >= 0.6 is 11.8 Å². The van der Waals surface area contributed by atoms with E-state index in [0.717, 1.165) is 12.3 Å². The van der Waals surface area contributed by atoms with Crippen molar-refractivity contribution in [2.45, 2.75) is 32.0 Å². The van der Waals surface area contributed by atoms with Gasteiger partial charge in [-0.05, 0) is 12.5 Å². The Balaban J connectivity index is 2.51. The summed E-state index contributed by atoms with van der Waals surface area (Å²) in [6.45, 7) is 7.44. The molecule has 1 unspecified atom stereocenters. The molecule has 0 aliphatic carbocycles. The molecule has 1 atom stereocenters. The van der Waals surface area contributed by atoms with Crippen LogP contribution in [0.15, 0.2) is 22.2 Å². The molecule has 0 aromatic carbocycles. The van der Waals surface area contributed by atoms with E-state index in [1.54, 1.807) is 18.0 Å². The predicted octanol–water partition coefficient (Wildman–Crippen LogP) is 1.50. The first-order chi connectivity index (χ1) is 7.63. The molecule has 1 aromatic heterocycles. The summed E-state index contributed by atoms with van der Waals surface area (Å²) in [4.78, 5) is 17.9. The van der Waals surface area contributed by atoms with Crippen LogP contribution in [0.25, 0.3) is 0 Å². The summed E-state index contributed by atoms with van der Waals surface area (Å²) in [6.07, 6.45) is 1.54. The van der Waals surface area contributed by atoms with Gasteiger partial charge in [-0.2, -0.15) is 0 Å². The number of hydrogen-bond donors (Lipinski definition) is 2. The van der Waals surface area contributed by atoms with Crippen molar-refractivity contribution in [2.75, 3.05) is 12.3 Å². The summed E-state index contributed by atoms with van der Waals surface area (Å²) in [6, 6.07) is 1.87. The van der Waals surface area contributed by atoms with Crippen LogP contribution in [0.5, 0.6) is 0 Å². The maximum Gasteiger partial charge on any atom is 0.251 e. The van der Waals surface area contributed by atoms with Crippen molar-refractivity contribution in [1.29, 1.82) is 0 Å². The summed E-state index contributed by atoms with van der Waals surface area (Å²) in [5, 5.41) is 4.12. The molecule has 0 bridgehead atoms. The molecule has 1 heterocycles. The Kier molecular flexibility index (Phi) is 5.55. The molecule has 0 saturated carbocycles. The molecule has 0 spiro atoms. The normalized spacial score (nSPS) is 13.0. The van der Waals surface area contributed by atoms with Gasteiger partial charge in [-0.25, -0.2) is 4.98 Å². The van der Waals surface area contributed by atoms with Gasteiger partial charge in [0.05, 0.1) is 0 Å². The quantitative estimate of drug-likeness (QED) is 0.585. The fraction of sp³-hybridized carbons (Fsp3) is 0.636. The molecule has 0 aliphatic heterocycles. The van der Waals surface area contributed by atoms with E-state index >= 15 is 0 Å². The van der Waals surface area contributed by atoms with E-state index < -0.39 is 0 Å². The van der Waals surface area contributed by atoms with Gasteiger partial charge in [0.25, 0.3) is 5.56 Å². The Morgan fingerprint density at radius 2 is 2.31 bits per heavy atom. The van der Waals surface area contributed by atoms with Gasteiger partial charge >= 0.3 is 0 Å². The lowest BCUT2D eigenvalue weighted by Crippen LogP contribution is -2.35. The number of aromatic nitrogens is 2. The summed E-state index contributed by atoms with van der Waals surface area (Å²) in [5.74, 6) is 1.49. The maximum absolute atomic E-state index is 11.1. The zero-order valence-electron chi connectivity index (χ0n) is 9.99. The van der Waals surface area contributed by atoms with Crippen molar-refractivity contribution in [3.8, 4) is 0 Å². The highest BCUT2D eigenvalue weighted by Crippen LogP contribution is 2.15. The third-order valence-electron chi connectivity index (χ3n) is 2.32. The smallest absolute Gasteiger partial charge is 0.251 e. The molecule has 0 aliphatic rings. The number of aromatic amines is 1. The monoisotopic (exact) mass is 241 g/mol. The fourth-order valence-corrected chi connectivity index (χ4v) is 2.49. The van der Waals surface area contributed by atoms with Crippen LogP contribution in [-0.2, 0) is 0 Å². The Bertz CT molecular complexity index is 364. The van der Waals surface area contributed by atoms with E-state index in [1.807, 2.05) is 0 Å². The van der Waals surface area contributed by atoms with E-state index in [0.29, 0.717) is 17.1 Å². The number of rotatable bonds is 6. The van der Waals surface area contributed by atoms with Gasteiger partial charge in [0.1, 0.15) is 0 Å². The van der Waals surface area contributed by atoms with Gasteiger partial charge in [-0.3, -0.25) is 4.79 Å². The summed E-state index contributed by atoms with van der Waals surface area (Å²) >= 11 is 1.58. The molecule has 4 nitrogen and oxygen atoms in total. The van der Waals surface area contributed by atoms with Crippen molar-refractivity contribution in [2.24, 2.45) is 5.92 Å². The molecular weight excluding hydrogens is 222 g/mol. The molecule has 0 fully saturated rings. The molecular formula is C11H19N3OS. The summed E-state index contributed by atoms with van der Waals surface area (Å²) in [5.41, 5.74) is -0.0953. The van der Waals surface area contributed by atoms with Gasteiger partial charge in [-0.15, -0.1) is 0 Å². The van der Waals surface area contributed by atoms with E-state index in [1.165, 1.54) is 6.07 Å². The average molecular weight is 241 g/mol. The van der Waals surface area contributed by atoms with Crippen LogP contribution in [0, 0.1) is 5.92 Å². The highest BCUT2D eigenvalue weighted by molar-refractivity contribution is 7.99. The Morgan fingerprint density at radius 1 is 1.56 bits per heavy atom. The predicted molar refractivity (Wildman–Crippen MR) is 67.9 cm³/mol. The van der Waals surface area contributed by atoms with E-state index in [9.17, 15) is 4.79 Å². The molecule has 5 heteroatoms. The minimum atomic E-state index is -0.0953. The molecule has 0 radical (unpaired) electrons. The molecule has 16 heavy (non-hydrogen) atoms. The minimum absolute atomic E-state index is 0.0953. The van der Waals surface area contributed by atoms with E-state index in [-0.39, 0.29) is 5.56 Å². The first kappa shape index (κ1) is 13.3. The van der Waals surface area contributed by atoms with Crippen LogP contribution in [-0.4, -0.2) is 28.3 Å². The first-order valence-corrected chi connectivity index (χ1v) is 6.53. The van der Waals surface area contributed by atoms with Crippen molar-refractivity contribution < 1.29 is 0 Å². The molecule has 90 valence electrons. The second-order valence-corrected chi connectivity index (χ2v) is 4.97. The maximum atomic E-state index is 11.1. The van der Waals surface area contributed by atoms with Crippen molar-refractivity contribution in [3.63, 3.8) is 0 Å². The first-order valence-electron chi connectivity index (χ1n) is 5.55. The third kappa shape index (κ3) is 4.37.